The summed E-state index contributed by atoms with van der Waals surface area (Å²) in [7, 11) is 0. The smallest absolute Gasteiger partial charge is 0.274 e. The highest BCUT2D eigenvalue weighted by molar-refractivity contribution is 6.03. The predicted octanol–water partition coefficient (Wildman–Crippen LogP) is 3.74. The summed E-state index contributed by atoms with van der Waals surface area (Å²) in [4.78, 5) is 31.9. The van der Waals surface area contributed by atoms with E-state index < -0.39 is 0 Å². The van der Waals surface area contributed by atoms with Gasteiger partial charge in [0.05, 0.1) is 0 Å². The summed E-state index contributed by atoms with van der Waals surface area (Å²) in [6.45, 7) is 3.41. The summed E-state index contributed by atoms with van der Waals surface area (Å²) in [5.74, 6) is -0.141. The Morgan fingerprint density at radius 1 is 0.889 bits per heavy atom. The Kier molecular flexibility index (Phi) is 5.41. The highest BCUT2D eigenvalue weighted by Gasteiger charge is 2.09. The highest BCUT2D eigenvalue weighted by atomic mass is 16.2. The number of nitrogens with one attached hydrogen (secondary N) is 3. The maximum atomic E-state index is 12.4. The van der Waals surface area contributed by atoms with E-state index in [0.29, 0.717) is 17.3 Å². The van der Waals surface area contributed by atoms with Crippen LogP contribution < -0.4 is 16.0 Å². The van der Waals surface area contributed by atoms with Gasteiger partial charge in [-0.05, 0) is 55.0 Å². The molecule has 3 rings (SSSR count). The number of benzene rings is 2. The van der Waals surface area contributed by atoms with Gasteiger partial charge in [0.15, 0.2) is 0 Å². The zero-order valence-corrected chi connectivity index (χ0v) is 15.0. The van der Waals surface area contributed by atoms with Gasteiger partial charge in [0.25, 0.3) is 5.91 Å². The standard InChI is InChI=1S/C20H19N5O2/c1-13-4-3-5-17(12-13)23-19(27)18-10-11-21-20(25-18)24-16-8-6-15(7-9-16)22-14(2)26/h3-12H,1-2H3,(H,22,26)(H,23,27)(H,21,24,25). The number of hydrogen-bond acceptors (Lipinski definition) is 5. The van der Waals surface area contributed by atoms with Crippen LogP contribution in [0.5, 0.6) is 0 Å². The first-order valence-corrected chi connectivity index (χ1v) is 8.35. The number of hydrogen-bond donors (Lipinski definition) is 3. The molecule has 0 radical (unpaired) electrons. The molecule has 7 nitrogen and oxygen atoms in total. The molecule has 2 amide bonds. The van der Waals surface area contributed by atoms with E-state index in [1.807, 2.05) is 31.2 Å². The summed E-state index contributed by atoms with van der Waals surface area (Å²) in [5, 5.41) is 8.55. The summed E-state index contributed by atoms with van der Waals surface area (Å²) in [5.41, 5.74) is 3.45. The number of aryl methyl sites for hydroxylation is 1. The molecule has 0 fully saturated rings. The third-order valence-corrected chi connectivity index (χ3v) is 3.63. The normalized spacial score (nSPS) is 10.1. The number of anilines is 4. The fourth-order valence-corrected chi connectivity index (χ4v) is 2.43. The number of amides is 2. The zero-order chi connectivity index (χ0) is 19.2. The van der Waals surface area contributed by atoms with Gasteiger partial charge in [-0.1, -0.05) is 12.1 Å². The second kappa shape index (κ2) is 8.09. The molecule has 3 N–H and O–H groups in total. The van der Waals surface area contributed by atoms with Crippen molar-refractivity contribution in [2.75, 3.05) is 16.0 Å². The number of aromatic nitrogens is 2. The molecule has 0 saturated heterocycles. The predicted molar refractivity (Wildman–Crippen MR) is 105 cm³/mol. The van der Waals surface area contributed by atoms with Crippen molar-refractivity contribution in [1.82, 2.24) is 9.97 Å². The molecule has 7 heteroatoms. The Balaban J connectivity index is 1.69. The largest absolute Gasteiger partial charge is 0.326 e. The van der Waals surface area contributed by atoms with E-state index in [2.05, 4.69) is 25.9 Å². The van der Waals surface area contributed by atoms with Crippen LogP contribution in [-0.4, -0.2) is 21.8 Å². The van der Waals surface area contributed by atoms with Crippen LogP contribution in [0.15, 0.2) is 60.8 Å². The van der Waals surface area contributed by atoms with E-state index in [9.17, 15) is 9.59 Å². The van der Waals surface area contributed by atoms with Gasteiger partial charge in [0.2, 0.25) is 11.9 Å². The van der Waals surface area contributed by atoms with E-state index in [1.165, 1.54) is 13.1 Å². The molecule has 3 aromatic rings. The van der Waals surface area contributed by atoms with Gasteiger partial charge in [-0.25, -0.2) is 9.97 Å². The maximum absolute atomic E-state index is 12.4. The molecule has 0 aliphatic rings. The Labute approximate surface area is 156 Å². The van der Waals surface area contributed by atoms with Crippen LogP contribution in [0.25, 0.3) is 0 Å². The Morgan fingerprint density at radius 2 is 1.63 bits per heavy atom. The molecule has 136 valence electrons. The van der Waals surface area contributed by atoms with Crippen LogP contribution in [-0.2, 0) is 4.79 Å². The SMILES string of the molecule is CC(=O)Nc1ccc(Nc2nccc(C(=O)Nc3cccc(C)c3)n2)cc1. The fraction of sp³-hybridized carbons (Fsp3) is 0.100. The molecule has 2 aromatic carbocycles. The van der Waals surface area contributed by atoms with E-state index >= 15 is 0 Å². The van der Waals surface area contributed by atoms with Crippen molar-refractivity contribution in [3.63, 3.8) is 0 Å². The van der Waals surface area contributed by atoms with Crippen LogP contribution in [0.1, 0.15) is 23.0 Å². The number of rotatable bonds is 5. The summed E-state index contributed by atoms with van der Waals surface area (Å²) in [6.07, 6.45) is 1.52. The second-order valence-electron chi connectivity index (χ2n) is 5.97. The molecule has 0 bridgehead atoms. The molecule has 1 heterocycles. The molecule has 0 aliphatic heterocycles. The van der Waals surface area contributed by atoms with Crippen LogP contribution in [0.2, 0.25) is 0 Å². The molecule has 0 aliphatic carbocycles. The minimum absolute atomic E-state index is 0.133. The van der Waals surface area contributed by atoms with Gasteiger partial charge in [0, 0.05) is 30.2 Å². The molecule has 27 heavy (non-hydrogen) atoms. The molecule has 0 unspecified atom stereocenters. The third kappa shape index (κ3) is 5.12. The van der Waals surface area contributed by atoms with Gasteiger partial charge in [0.1, 0.15) is 5.69 Å². The van der Waals surface area contributed by atoms with Crippen LogP contribution in [0.4, 0.5) is 23.0 Å². The molecule has 0 spiro atoms. The molecular weight excluding hydrogens is 342 g/mol. The Morgan fingerprint density at radius 3 is 2.33 bits per heavy atom. The van der Waals surface area contributed by atoms with Crippen LogP contribution in [0.3, 0.4) is 0 Å². The van der Waals surface area contributed by atoms with Crippen molar-refractivity contribution in [3.05, 3.63) is 72.1 Å². The number of carbonyl (C=O) groups excluding carboxylic acids is 2. The minimum Gasteiger partial charge on any atom is -0.326 e. The van der Waals surface area contributed by atoms with Gasteiger partial charge in [-0.15, -0.1) is 0 Å². The second-order valence-corrected chi connectivity index (χ2v) is 5.97. The zero-order valence-electron chi connectivity index (χ0n) is 15.0. The fourth-order valence-electron chi connectivity index (χ4n) is 2.43. The molecule has 0 saturated carbocycles. The first-order valence-electron chi connectivity index (χ1n) is 8.35. The van der Waals surface area contributed by atoms with Crippen molar-refractivity contribution in [3.8, 4) is 0 Å². The lowest BCUT2D eigenvalue weighted by Crippen LogP contribution is -2.14. The van der Waals surface area contributed by atoms with Crippen LogP contribution in [0, 0.1) is 6.92 Å². The average molecular weight is 361 g/mol. The van der Waals surface area contributed by atoms with Crippen LogP contribution >= 0.6 is 0 Å². The average Bonchev–Trinajstić information content (AvgIpc) is 2.63. The first-order chi connectivity index (χ1) is 13.0. The van der Waals surface area contributed by atoms with Gasteiger partial charge < -0.3 is 16.0 Å². The lowest BCUT2D eigenvalue weighted by atomic mass is 10.2. The number of carbonyl (C=O) groups is 2. The molecule has 1 aromatic heterocycles. The third-order valence-electron chi connectivity index (χ3n) is 3.63. The lowest BCUT2D eigenvalue weighted by Gasteiger charge is -2.08. The quantitative estimate of drug-likeness (QED) is 0.643. The Hall–Kier alpha value is -3.74. The van der Waals surface area contributed by atoms with Gasteiger partial charge in [-0.2, -0.15) is 0 Å². The first kappa shape index (κ1) is 18.1. The topological polar surface area (TPSA) is 96.0 Å². The summed E-state index contributed by atoms with van der Waals surface area (Å²) < 4.78 is 0. The van der Waals surface area contributed by atoms with Crippen molar-refractivity contribution in [2.45, 2.75) is 13.8 Å². The maximum Gasteiger partial charge on any atom is 0.274 e. The lowest BCUT2D eigenvalue weighted by molar-refractivity contribution is -0.114. The van der Waals surface area contributed by atoms with Gasteiger partial charge in [-0.3, -0.25) is 9.59 Å². The van der Waals surface area contributed by atoms with Crippen molar-refractivity contribution < 1.29 is 9.59 Å². The van der Waals surface area contributed by atoms with E-state index in [0.717, 1.165) is 11.3 Å². The van der Waals surface area contributed by atoms with Crippen molar-refractivity contribution in [1.29, 1.82) is 0 Å². The summed E-state index contributed by atoms with van der Waals surface area (Å²) in [6, 6.07) is 16.2. The highest BCUT2D eigenvalue weighted by Crippen LogP contribution is 2.17. The molecular formula is C20H19N5O2. The van der Waals surface area contributed by atoms with E-state index in [-0.39, 0.29) is 17.5 Å². The van der Waals surface area contributed by atoms with E-state index in [4.69, 9.17) is 0 Å². The van der Waals surface area contributed by atoms with Crippen molar-refractivity contribution in [2.24, 2.45) is 0 Å². The summed E-state index contributed by atoms with van der Waals surface area (Å²) >= 11 is 0. The minimum atomic E-state index is -0.313. The monoisotopic (exact) mass is 361 g/mol. The molecule has 0 atom stereocenters. The van der Waals surface area contributed by atoms with Gasteiger partial charge >= 0.3 is 0 Å². The van der Waals surface area contributed by atoms with E-state index in [1.54, 1.807) is 30.3 Å². The number of nitrogens with zero attached hydrogens (tertiary/aromatic N) is 2. The van der Waals surface area contributed by atoms with Crippen molar-refractivity contribution >= 4 is 34.8 Å². The Bertz CT molecular complexity index is 970.